The first-order valence-corrected chi connectivity index (χ1v) is 6.98. The van der Waals surface area contributed by atoms with E-state index in [4.69, 9.17) is 22.1 Å². The Kier molecular flexibility index (Phi) is 5.54. The second-order valence-corrected chi connectivity index (χ2v) is 5.10. The number of hydrogen-bond donors (Lipinski definition) is 2. The molecule has 0 atom stereocenters. The minimum atomic E-state index is 0.132. The predicted octanol–water partition coefficient (Wildman–Crippen LogP) is 3.09. The van der Waals surface area contributed by atoms with Gasteiger partial charge in [0.1, 0.15) is 12.4 Å². The Morgan fingerprint density at radius 1 is 1.29 bits per heavy atom. The van der Waals surface area contributed by atoms with Crippen LogP contribution in [0.1, 0.15) is 11.1 Å². The van der Waals surface area contributed by atoms with E-state index in [1.807, 2.05) is 48.5 Å². The Bertz CT molecular complexity index is 644. The molecular weight excluding hydrogens is 306 g/mol. The van der Waals surface area contributed by atoms with Crippen LogP contribution in [0.3, 0.4) is 0 Å². The average molecular weight is 320 g/mol. The first-order chi connectivity index (χ1) is 10.1. The number of benzene rings is 2. The molecule has 0 aliphatic heterocycles. The van der Waals surface area contributed by atoms with Gasteiger partial charge in [-0.15, -0.1) is 0 Å². The Hall–Kier alpha value is -2.11. The van der Waals surface area contributed by atoms with Crippen LogP contribution in [-0.4, -0.2) is 11.3 Å². The van der Waals surface area contributed by atoms with Crippen LogP contribution >= 0.6 is 23.8 Å². The predicted molar refractivity (Wildman–Crippen MR) is 89.7 cm³/mol. The van der Waals surface area contributed by atoms with Gasteiger partial charge in [-0.3, -0.25) is 5.43 Å². The number of thiocarbonyl (C=S) groups is 1. The lowest BCUT2D eigenvalue weighted by atomic mass is 10.2. The molecule has 2 aromatic carbocycles. The highest BCUT2D eigenvalue weighted by atomic mass is 35.5. The summed E-state index contributed by atoms with van der Waals surface area (Å²) in [5.74, 6) is 0.773. The molecule has 0 aliphatic rings. The van der Waals surface area contributed by atoms with E-state index in [2.05, 4.69) is 22.7 Å². The third-order valence-corrected chi connectivity index (χ3v) is 2.89. The number of nitrogens with two attached hydrogens (primary N) is 1. The molecule has 0 fully saturated rings. The molecule has 108 valence electrons. The Morgan fingerprint density at radius 2 is 2.05 bits per heavy atom. The van der Waals surface area contributed by atoms with Crippen molar-refractivity contribution in [1.82, 2.24) is 5.43 Å². The van der Waals surface area contributed by atoms with Crippen molar-refractivity contribution in [3.63, 3.8) is 0 Å². The van der Waals surface area contributed by atoms with E-state index in [9.17, 15) is 0 Å². The van der Waals surface area contributed by atoms with Crippen molar-refractivity contribution in [3.8, 4) is 5.75 Å². The van der Waals surface area contributed by atoms with Gasteiger partial charge in [-0.2, -0.15) is 5.10 Å². The van der Waals surface area contributed by atoms with Crippen molar-refractivity contribution in [2.75, 3.05) is 0 Å². The molecule has 0 bridgehead atoms. The molecule has 0 saturated heterocycles. The maximum absolute atomic E-state index is 5.92. The van der Waals surface area contributed by atoms with Gasteiger partial charge in [-0.25, -0.2) is 0 Å². The van der Waals surface area contributed by atoms with Crippen molar-refractivity contribution in [2.24, 2.45) is 10.8 Å². The normalized spacial score (nSPS) is 10.5. The molecule has 0 unspecified atom stereocenters. The second kappa shape index (κ2) is 7.61. The number of rotatable bonds is 5. The third-order valence-electron chi connectivity index (χ3n) is 2.56. The van der Waals surface area contributed by atoms with Gasteiger partial charge in [0, 0.05) is 5.02 Å². The number of hydrazone groups is 1. The van der Waals surface area contributed by atoms with E-state index < -0.39 is 0 Å². The smallest absolute Gasteiger partial charge is 0.184 e. The van der Waals surface area contributed by atoms with Gasteiger partial charge >= 0.3 is 0 Å². The molecule has 0 aromatic heterocycles. The summed E-state index contributed by atoms with van der Waals surface area (Å²) in [4.78, 5) is 0. The molecular formula is C15H14ClN3OS. The highest BCUT2D eigenvalue weighted by Gasteiger charge is 1.97. The van der Waals surface area contributed by atoms with E-state index in [0.717, 1.165) is 16.9 Å². The molecule has 4 nitrogen and oxygen atoms in total. The Balaban J connectivity index is 1.90. The third kappa shape index (κ3) is 5.41. The number of hydrogen-bond acceptors (Lipinski definition) is 3. The Labute approximate surface area is 133 Å². The van der Waals surface area contributed by atoms with Gasteiger partial charge in [0.2, 0.25) is 0 Å². The van der Waals surface area contributed by atoms with Crippen LogP contribution in [0.2, 0.25) is 5.02 Å². The summed E-state index contributed by atoms with van der Waals surface area (Å²) in [5.41, 5.74) is 9.69. The standard InChI is InChI=1S/C15H14ClN3OS/c16-13-3-1-2-12(8-13)10-20-14-6-4-11(5-7-14)9-18-19-15(17)21/h1-9H,10H2,(H3,17,19,21). The van der Waals surface area contributed by atoms with Gasteiger partial charge in [0.15, 0.2) is 5.11 Å². The van der Waals surface area contributed by atoms with Gasteiger partial charge in [-0.05, 0) is 59.7 Å². The monoisotopic (exact) mass is 319 g/mol. The fourth-order valence-electron chi connectivity index (χ4n) is 1.61. The maximum Gasteiger partial charge on any atom is 0.184 e. The summed E-state index contributed by atoms with van der Waals surface area (Å²) in [6, 6.07) is 15.1. The zero-order chi connectivity index (χ0) is 15.1. The van der Waals surface area contributed by atoms with Crippen LogP contribution in [0.25, 0.3) is 0 Å². The van der Waals surface area contributed by atoms with Crippen molar-refractivity contribution < 1.29 is 4.74 Å². The zero-order valence-electron chi connectivity index (χ0n) is 11.1. The van der Waals surface area contributed by atoms with Crippen molar-refractivity contribution in [1.29, 1.82) is 0 Å². The quantitative estimate of drug-likeness (QED) is 0.505. The van der Waals surface area contributed by atoms with Crippen LogP contribution in [0.5, 0.6) is 5.75 Å². The van der Waals surface area contributed by atoms with E-state index in [1.165, 1.54) is 0 Å². The summed E-state index contributed by atoms with van der Waals surface area (Å²) in [5, 5.41) is 4.71. The molecule has 6 heteroatoms. The van der Waals surface area contributed by atoms with Crippen LogP contribution in [-0.2, 0) is 6.61 Å². The molecule has 0 radical (unpaired) electrons. The van der Waals surface area contributed by atoms with Gasteiger partial charge < -0.3 is 10.5 Å². The maximum atomic E-state index is 5.92. The molecule has 0 heterocycles. The van der Waals surface area contributed by atoms with Gasteiger partial charge in [-0.1, -0.05) is 23.7 Å². The molecule has 21 heavy (non-hydrogen) atoms. The summed E-state index contributed by atoms with van der Waals surface area (Å²) >= 11 is 10.6. The zero-order valence-corrected chi connectivity index (χ0v) is 12.7. The molecule has 0 amide bonds. The fourth-order valence-corrected chi connectivity index (χ4v) is 1.88. The second-order valence-electron chi connectivity index (χ2n) is 4.22. The topological polar surface area (TPSA) is 59.6 Å². The van der Waals surface area contributed by atoms with Gasteiger partial charge in [0.05, 0.1) is 6.21 Å². The molecule has 3 N–H and O–H groups in total. The minimum absolute atomic E-state index is 0.132. The molecule has 0 aliphatic carbocycles. The van der Waals surface area contributed by atoms with Crippen LogP contribution < -0.4 is 15.9 Å². The number of nitrogens with one attached hydrogen (secondary N) is 1. The summed E-state index contributed by atoms with van der Waals surface area (Å²) in [7, 11) is 0. The van der Waals surface area contributed by atoms with Crippen LogP contribution in [0.15, 0.2) is 53.6 Å². The fraction of sp³-hybridized carbons (Fsp3) is 0.0667. The highest BCUT2D eigenvalue weighted by Crippen LogP contribution is 2.15. The largest absolute Gasteiger partial charge is 0.489 e. The first kappa shape index (κ1) is 15.3. The van der Waals surface area contributed by atoms with Crippen molar-refractivity contribution in [2.45, 2.75) is 6.61 Å². The lowest BCUT2D eigenvalue weighted by Crippen LogP contribution is -2.23. The van der Waals surface area contributed by atoms with E-state index >= 15 is 0 Å². The lowest BCUT2D eigenvalue weighted by Gasteiger charge is -2.06. The highest BCUT2D eigenvalue weighted by molar-refractivity contribution is 7.80. The number of ether oxygens (including phenoxy) is 1. The van der Waals surface area contributed by atoms with Crippen molar-refractivity contribution in [3.05, 3.63) is 64.7 Å². The van der Waals surface area contributed by atoms with E-state index in [0.29, 0.717) is 11.6 Å². The summed E-state index contributed by atoms with van der Waals surface area (Å²) < 4.78 is 5.69. The van der Waals surface area contributed by atoms with Gasteiger partial charge in [0.25, 0.3) is 0 Å². The summed E-state index contributed by atoms with van der Waals surface area (Å²) in [6.45, 7) is 0.469. The van der Waals surface area contributed by atoms with Crippen LogP contribution in [0, 0.1) is 0 Å². The SMILES string of the molecule is NC(=S)NN=Cc1ccc(OCc2cccc(Cl)c2)cc1. The van der Waals surface area contributed by atoms with Crippen LogP contribution in [0.4, 0.5) is 0 Å². The number of nitrogens with zero attached hydrogens (tertiary/aromatic N) is 1. The molecule has 0 spiro atoms. The Morgan fingerprint density at radius 3 is 2.71 bits per heavy atom. The minimum Gasteiger partial charge on any atom is -0.489 e. The van der Waals surface area contributed by atoms with Crippen molar-refractivity contribution >= 4 is 35.1 Å². The van der Waals surface area contributed by atoms with E-state index in [1.54, 1.807) is 6.21 Å². The average Bonchev–Trinajstić information content (AvgIpc) is 2.46. The number of halogens is 1. The lowest BCUT2D eigenvalue weighted by molar-refractivity contribution is 0.306. The molecule has 2 rings (SSSR count). The first-order valence-electron chi connectivity index (χ1n) is 6.19. The summed E-state index contributed by atoms with van der Waals surface area (Å²) in [6.07, 6.45) is 1.62. The molecule has 2 aromatic rings. The van der Waals surface area contributed by atoms with E-state index in [-0.39, 0.29) is 5.11 Å². The molecule has 0 saturated carbocycles.